The SMILES string of the molecule is CCCc1cc(O)c(Cc2c(O)c(C=O)c(O)c3c2O[C@@]2(C)C/C=C/C(C)(C)C/C=C(\C)CC[C@@H]2C3)c(=O)o1. The van der Waals surface area contributed by atoms with E-state index in [-0.39, 0.29) is 51.7 Å². The van der Waals surface area contributed by atoms with Crippen LogP contribution in [-0.4, -0.2) is 27.2 Å². The maximum absolute atomic E-state index is 12.8. The molecule has 0 unspecified atom stereocenters. The zero-order valence-corrected chi connectivity index (χ0v) is 23.6. The first kappa shape index (κ1) is 28.5. The number of phenols is 2. The van der Waals surface area contributed by atoms with Crippen LogP contribution < -0.4 is 10.4 Å². The van der Waals surface area contributed by atoms with Gasteiger partial charge in [0.25, 0.3) is 0 Å². The minimum atomic E-state index is -0.713. The van der Waals surface area contributed by atoms with Gasteiger partial charge in [-0.05, 0) is 51.4 Å². The highest BCUT2D eigenvalue weighted by Gasteiger charge is 2.43. The number of hydrogen-bond acceptors (Lipinski definition) is 7. The molecule has 1 aromatic carbocycles. The molecule has 39 heavy (non-hydrogen) atoms. The highest BCUT2D eigenvalue weighted by molar-refractivity contribution is 5.87. The van der Waals surface area contributed by atoms with Crippen LogP contribution in [0.2, 0.25) is 0 Å². The van der Waals surface area contributed by atoms with E-state index in [1.807, 2.05) is 13.8 Å². The molecule has 0 fully saturated rings. The molecule has 1 aliphatic carbocycles. The molecule has 1 aromatic heterocycles. The Morgan fingerprint density at radius 3 is 2.51 bits per heavy atom. The quantitative estimate of drug-likeness (QED) is 0.294. The monoisotopic (exact) mass is 536 g/mol. The van der Waals surface area contributed by atoms with Crippen LogP contribution in [-0.2, 0) is 19.3 Å². The molecule has 4 rings (SSSR count). The molecule has 0 amide bonds. The molecule has 0 bridgehead atoms. The Balaban J connectivity index is 1.84. The minimum Gasteiger partial charge on any atom is -0.507 e. The van der Waals surface area contributed by atoms with Gasteiger partial charge in [-0.15, -0.1) is 0 Å². The summed E-state index contributed by atoms with van der Waals surface area (Å²) in [7, 11) is 0. The first-order chi connectivity index (χ1) is 18.4. The summed E-state index contributed by atoms with van der Waals surface area (Å²) >= 11 is 0. The van der Waals surface area contributed by atoms with Crippen molar-refractivity contribution in [2.45, 2.75) is 91.6 Å². The van der Waals surface area contributed by atoms with E-state index >= 15 is 0 Å². The van der Waals surface area contributed by atoms with Crippen LogP contribution in [0.15, 0.2) is 39.1 Å². The van der Waals surface area contributed by atoms with Gasteiger partial charge >= 0.3 is 5.63 Å². The summed E-state index contributed by atoms with van der Waals surface area (Å²) in [5, 5.41) is 32.8. The largest absolute Gasteiger partial charge is 0.507 e. The van der Waals surface area contributed by atoms with Crippen molar-refractivity contribution in [1.82, 2.24) is 0 Å². The molecule has 7 nitrogen and oxygen atoms in total. The molecule has 3 N–H and O–H groups in total. The van der Waals surface area contributed by atoms with E-state index in [0.717, 1.165) is 25.7 Å². The molecule has 0 saturated carbocycles. The molecule has 2 atom stereocenters. The van der Waals surface area contributed by atoms with Crippen molar-refractivity contribution in [3.63, 3.8) is 0 Å². The van der Waals surface area contributed by atoms with Crippen LogP contribution in [0.5, 0.6) is 23.0 Å². The first-order valence-corrected chi connectivity index (χ1v) is 13.8. The Morgan fingerprint density at radius 1 is 1.10 bits per heavy atom. The van der Waals surface area contributed by atoms with Gasteiger partial charge in [0.2, 0.25) is 0 Å². The van der Waals surface area contributed by atoms with Crippen LogP contribution in [0.25, 0.3) is 0 Å². The van der Waals surface area contributed by atoms with Gasteiger partial charge in [-0.25, -0.2) is 4.79 Å². The molecule has 0 saturated heterocycles. The molecular formula is C32H40O7. The number of carbonyl (C=O) groups excluding carboxylic acids is 1. The van der Waals surface area contributed by atoms with Crippen molar-refractivity contribution in [2.75, 3.05) is 0 Å². The van der Waals surface area contributed by atoms with E-state index in [1.54, 1.807) is 0 Å². The van der Waals surface area contributed by atoms with Crippen LogP contribution in [0.3, 0.4) is 0 Å². The molecule has 2 heterocycles. The summed E-state index contributed by atoms with van der Waals surface area (Å²) in [6, 6.07) is 1.41. The van der Waals surface area contributed by atoms with Gasteiger partial charge in [-0.3, -0.25) is 4.79 Å². The normalized spacial score (nSPS) is 24.7. The molecule has 2 aromatic rings. The summed E-state index contributed by atoms with van der Waals surface area (Å²) in [5.41, 5.74) is 0.203. The number of fused-ring (bicyclic) bond motifs is 2. The lowest BCUT2D eigenvalue weighted by atomic mass is 9.75. The van der Waals surface area contributed by atoms with Crippen LogP contribution in [0.4, 0.5) is 0 Å². The molecule has 0 spiro atoms. The third-order valence-electron chi connectivity index (χ3n) is 8.28. The number of rotatable bonds is 5. The highest BCUT2D eigenvalue weighted by Crippen LogP contribution is 2.51. The summed E-state index contributed by atoms with van der Waals surface area (Å²) in [4.78, 5) is 24.8. The lowest BCUT2D eigenvalue weighted by molar-refractivity contribution is 0.00627. The van der Waals surface area contributed by atoms with Gasteiger partial charge in [-0.2, -0.15) is 0 Å². The minimum absolute atomic E-state index is 0.0138. The van der Waals surface area contributed by atoms with Crippen molar-refractivity contribution < 1.29 is 29.3 Å². The molecule has 1 aliphatic heterocycles. The Kier molecular flexibility index (Phi) is 8.01. The number of benzene rings is 1. The van der Waals surface area contributed by atoms with E-state index in [1.165, 1.54) is 11.6 Å². The lowest BCUT2D eigenvalue weighted by Gasteiger charge is -2.43. The Hall–Kier alpha value is -3.48. The summed E-state index contributed by atoms with van der Waals surface area (Å²) < 4.78 is 12.1. The fourth-order valence-corrected chi connectivity index (χ4v) is 5.70. The first-order valence-electron chi connectivity index (χ1n) is 13.8. The summed E-state index contributed by atoms with van der Waals surface area (Å²) in [6.07, 6.45) is 11.7. The standard InChI is InChI=1S/C32H40O7/c1-6-8-21-16-26(34)22(30(37)38-21)17-24-28(36)25(18-33)27(35)23-15-20-10-9-19(2)11-14-31(3,4)12-7-13-32(20,5)39-29(23)24/h7,11-12,16,18,20,34-36H,6,8-10,13-15,17H2,1-5H3/b12-7+,19-11+/t20-,32+/m1/s1. The number of ether oxygens (including phenoxy) is 1. The molecule has 2 aliphatic rings. The maximum Gasteiger partial charge on any atom is 0.343 e. The Morgan fingerprint density at radius 2 is 1.85 bits per heavy atom. The van der Waals surface area contributed by atoms with Crippen molar-refractivity contribution in [3.05, 3.63) is 68.3 Å². The van der Waals surface area contributed by atoms with E-state index in [4.69, 9.17) is 9.15 Å². The second-order valence-corrected chi connectivity index (χ2v) is 12.0. The number of carbonyl (C=O) groups is 1. The van der Waals surface area contributed by atoms with E-state index in [2.05, 4.69) is 39.0 Å². The third kappa shape index (κ3) is 5.77. The smallest absolute Gasteiger partial charge is 0.343 e. The third-order valence-corrected chi connectivity index (χ3v) is 8.28. The Labute approximate surface area is 229 Å². The number of aryl methyl sites for hydroxylation is 1. The topological polar surface area (TPSA) is 117 Å². The predicted octanol–water partition coefficient (Wildman–Crippen LogP) is 6.52. The van der Waals surface area contributed by atoms with Crippen molar-refractivity contribution in [1.29, 1.82) is 0 Å². The fourth-order valence-electron chi connectivity index (χ4n) is 5.70. The number of aldehydes is 1. The van der Waals surface area contributed by atoms with Crippen LogP contribution in [0.1, 0.15) is 99.5 Å². The van der Waals surface area contributed by atoms with Gasteiger partial charge < -0.3 is 24.5 Å². The molecule has 0 radical (unpaired) electrons. The van der Waals surface area contributed by atoms with E-state index in [9.17, 15) is 24.9 Å². The fraction of sp³-hybridized carbons (Fsp3) is 0.500. The zero-order chi connectivity index (χ0) is 28.5. The van der Waals surface area contributed by atoms with Gasteiger partial charge in [0.1, 0.15) is 34.4 Å². The van der Waals surface area contributed by atoms with Gasteiger partial charge in [0, 0.05) is 42.4 Å². The Bertz CT molecular complexity index is 1380. The predicted molar refractivity (Wildman–Crippen MR) is 150 cm³/mol. The van der Waals surface area contributed by atoms with E-state index in [0.29, 0.717) is 36.9 Å². The highest BCUT2D eigenvalue weighted by atomic mass is 16.5. The second-order valence-electron chi connectivity index (χ2n) is 12.0. The van der Waals surface area contributed by atoms with Crippen molar-refractivity contribution >= 4 is 6.29 Å². The van der Waals surface area contributed by atoms with Crippen molar-refractivity contribution in [2.24, 2.45) is 11.3 Å². The van der Waals surface area contributed by atoms with Crippen molar-refractivity contribution in [3.8, 4) is 23.0 Å². The number of aromatic hydroxyl groups is 3. The second kappa shape index (κ2) is 10.9. The van der Waals surface area contributed by atoms with Crippen LogP contribution in [0, 0.1) is 11.3 Å². The summed E-state index contributed by atoms with van der Waals surface area (Å²) in [5.74, 6) is -0.374. The molecule has 210 valence electrons. The average Bonchev–Trinajstić information content (AvgIpc) is 2.87. The van der Waals surface area contributed by atoms with Gasteiger partial charge in [-0.1, -0.05) is 44.6 Å². The molecular weight excluding hydrogens is 496 g/mol. The number of phenolic OH excluding ortho intramolecular Hbond substituents is 2. The maximum atomic E-state index is 12.8. The number of hydrogen-bond donors (Lipinski definition) is 3. The van der Waals surface area contributed by atoms with Gasteiger partial charge in [0.15, 0.2) is 6.29 Å². The average molecular weight is 537 g/mol. The van der Waals surface area contributed by atoms with E-state index < -0.39 is 17.0 Å². The lowest BCUT2D eigenvalue weighted by Crippen LogP contribution is -2.45. The zero-order valence-electron chi connectivity index (χ0n) is 23.6. The summed E-state index contributed by atoms with van der Waals surface area (Å²) in [6.45, 7) is 10.5. The van der Waals surface area contributed by atoms with Gasteiger partial charge in [0.05, 0.1) is 11.1 Å². The molecule has 7 heteroatoms. The number of allylic oxidation sites excluding steroid dienone is 3. The van der Waals surface area contributed by atoms with Crippen LogP contribution >= 0.6 is 0 Å².